The molecular weight excluding hydrogens is 314 g/mol. The van der Waals surface area contributed by atoms with Gasteiger partial charge in [0.15, 0.2) is 17.8 Å². The van der Waals surface area contributed by atoms with Crippen molar-refractivity contribution in [2.24, 2.45) is 5.92 Å². The van der Waals surface area contributed by atoms with Crippen LogP contribution in [0, 0.1) is 5.92 Å². The molecule has 23 heavy (non-hydrogen) atoms. The molecule has 3 rings (SSSR count). The Hall–Kier alpha value is -1.85. The average Bonchev–Trinajstić information content (AvgIpc) is 3.04. The van der Waals surface area contributed by atoms with Crippen molar-refractivity contribution in [2.75, 3.05) is 26.7 Å². The van der Waals surface area contributed by atoms with Gasteiger partial charge in [0.2, 0.25) is 0 Å². The van der Waals surface area contributed by atoms with Crippen LogP contribution in [0.2, 0.25) is 5.02 Å². The minimum atomic E-state index is -0.0885. The summed E-state index contributed by atoms with van der Waals surface area (Å²) in [6, 6.07) is 7.32. The highest BCUT2D eigenvalue weighted by molar-refractivity contribution is 6.33. The van der Waals surface area contributed by atoms with Gasteiger partial charge in [0.25, 0.3) is 5.91 Å². The zero-order valence-electron chi connectivity index (χ0n) is 13.1. The van der Waals surface area contributed by atoms with Crippen LogP contribution in [-0.4, -0.2) is 42.5 Å². The highest BCUT2D eigenvalue weighted by Crippen LogP contribution is 2.31. The van der Waals surface area contributed by atoms with Crippen LogP contribution in [0.4, 0.5) is 0 Å². The van der Waals surface area contributed by atoms with Gasteiger partial charge in [0.05, 0.1) is 5.02 Å². The summed E-state index contributed by atoms with van der Waals surface area (Å²) in [5.74, 6) is 0.833. The summed E-state index contributed by atoms with van der Waals surface area (Å²) in [7, 11) is 1.94. The number of nitrogens with zero attached hydrogens (tertiary/aromatic N) is 2. The van der Waals surface area contributed by atoms with E-state index in [1.807, 2.05) is 30.1 Å². The van der Waals surface area contributed by atoms with Crippen LogP contribution in [0.15, 0.2) is 35.1 Å². The first kappa shape index (κ1) is 16.0. The smallest absolute Gasteiger partial charge is 0.276 e. The number of amides is 1. The van der Waals surface area contributed by atoms with Crippen LogP contribution in [0.3, 0.4) is 0 Å². The van der Waals surface area contributed by atoms with E-state index in [2.05, 4.69) is 10.3 Å². The Morgan fingerprint density at radius 2 is 2.30 bits per heavy atom. The fourth-order valence-electron chi connectivity index (χ4n) is 3.09. The van der Waals surface area contributed by atoms with Gasteiger partial charge in [0.1, 0.15) is 0 Å². The summed E-state index contributed by atoms with van der Waals surface area (Å²) >= 11 is 6.22. The van der Waals surface area contributed by atoms with Crippen molar-refractivity contribution in [3.05, 3.63) is 41.4 Å². The zero-order chi connectivity index (χ0) is 16.2. The van der Waals surface area contributed by atoms with Crippen molar-refractivity contribution in [3.8, 4) is 11.3 Å². The van der Waals surface area contributed by atoms with Crippen molar-refractivity contribution < 1.29 is 9.21 Å². The lowest BCUT2D eigenvalue weighted by Gasteiger charge is -2.32. The molecule has 0 radical (unpaired) electrons. The molecule has 0 spiro atoms. The number of nitrogens with one attached hydrogen (secondary N) is 1. The SMILES string of the molecule is CNC[C@@H]1CCCN(C(=O)c2ncoc2-c2ccccc2Cl)C1. The van der Waals surface area contributed by atoms with E-state index in [9.17, 15) is 4.79 Å². The second kappa shape index (κ2) is 7.15. The molecule has 0 saturated carbocycles. The molecule has 6 heteroatoms. The predicted octanol–water partition coefficient (Wildman–Crippen LogP) is 3.07. The van der Waals surface area contributed by atoms with Gasteiger partial charge >= 0.3 is 0 Å². The second-order valence-electron chi connectivity index (χ2n) is 5.83. The fraction of sp³-hybridized carbons (Fsp3) is 0.412. The number of carbonyl (C=O) groups is 1. The standard InChI is InChI=1S/C17H20ClN3O2/c1-19-9-12-5-4-8-21(10-12)17(22)15-16(23-11-20-15)13-6-2-3-7-14(13)18/h2-3,6-7,11-12,19H,4-5,8-10H2,1H3/t12-/m0/s1. The first-order valence-electron chi connectivity index (χ1n) is 7.83. The monoisotopic (exact) mass is 333 g/mol. The van der Waals surface area contributed by atoms with E-state index in [0.717, 1.165) is 32.5 Å². The first-order chi connectivity index (χ1) is 11.2. The van der Waals surface area contributed by atoms with Crippen LogP contribution in [0.1, 0.15) is 23.3 Å². The lowest BCUT2D eigenvalue weighted by molar-refractivity contribution is 0.0669. The van der Waals surface area contributed by atoms with Crippen LogP contribution in [-0.2, 0) is 0 Å². The summed E-state index contributed by atoms with van der Waals surface area (Å²) < 4.78 is 5.46. The van der Waals surface area contributed by atoms with Gasteiger partial charge < -0.3 is 14.6 Å². The Morgan fingerprint density at radius 1 is 1.48 bits per heavy atom. The summed E-state index contributed by atoms with van der Waals surface area (Å²) in [6.45, 7) is 2.42. The normalized spacial score (nSPS) is 18.2. The van der Waals surface area contributed by atoms with E-state index in [1.54, 1.807) is 6.07 Å². The van der Waals surface area contributed by atoms with Crippen LogP contribution < -0.4 is 5.32 Å². The molecule has 5 nitrogen and oxygen atoms in total. The Bertz CT molecular complexity index is 684. The molecule has 1 fully saturated rings. The fourth-order valence-corrected chi connectivity index (χ4v) is 3.31. The van der Waals surface area contributed by atoms with Crippen LogP contribution >= 0.6 is 11.6 Å². The highest BCUT2D eigenvalue weighted by Gasteiger charge is 2.28. The van der Waals surface area contributed by atoms with E-state index in [1.165, 1.54) is 6.39 Å². The molecule has 0 unspecified atom stereocenters. The van der Waals surface area contributed by atoms with Gasteiger partial charge in [-0.15, -0.1) is 0 Å². The Kier molecular flexibility index (Phi) is 4.98. The van der Waals surface area contributed by atoms with Crippen molar-refractivity contribution in [1.82, 2.24) is 15.2 Å². The molecule has 0 aliphatic carbocycles. The van der Waals surface area contributed by atoms with Crippen molar-refractivity contribution in [3.63, 3.8) is 0 Å². The number of benzene rings is 1. The topological polar surface area (TPSA) is 58.4 Å². The first-order valence-corrected chi connectivity index (χ1v) is 8.20. The minimum Gasteiger partial charge on any atom is -0.443 e. The van der Waals surface area contributed by atoms with Gasteiger partial charge in [-0.2, -0.15) is 0 Å². The van der Waals surface area contributed by atoms with Gasteiger partial charge in [-0.1, -0.05) is 23.7 Å². The maximum absolute atomic E-state index is 12.9. The average molecular weight is 334 g/mol. The molecular formula is C17H20ClN3O2. The number of piperidine rings is 1. The maximum Gasteiger partial charge on any atom is 0.276 e. The van der Waals surface area contributed by atoms with Crippen molar-refractivity contribution >= 4 is 17.5 Å². The molecule has 1 N–H and O–H groups in total. The number of oxazole rings is 1. The maximum atomic E-state index is 12.9. The third-order valence-electron chi connectivity index (χ3n) is 4.19. The molecule has 1 aromatic carbocycles. The van der Waals surface area contributed by atoms with Gasteiger partial charge in [-0.05, 0) is 44.5 Å². The molecule has 2 heterocycles. The summed E-state index contributed by atoms with van der Waals surface area (Å²) in [4.78, 5) is 18.9. The number of aromatic nitrogens is 1. The van der Waals surface area contributed by atoms with Crippen LogP contribution in [0.25, 0.3) is 11.3 Å². The molecule has 2 aromatic rings. The summed E-state index contributed by atoms with van der Waals surface area (Å²) in [6.07, 6.45) is 3.46. The molecule has 122 valence electrons. The number of likely N-dealkylation sites (tertiary alicyclic amines) is 1. The number of carbonyl (C=O) groups excluding carboxylic acids is 1. The van der Waals surface area contributed by atoms with Gasteiger partial charge in [0, 0.05) is 18.7 Å². The molecule has 1 aromatic heterocycles. The van der Waals surface area contributed by atoms with E-state index in [-0.39, 0.29) is 5.91 Å². The lowest BCUT2D eigenvalue weighted by Crippen LogP contribution is -2.42. The molecule has 1 amide bonds. The number of hydrogen-bond donors (Lipinski definition) is 1. The second-order valence-corrected chi connectivity index (χ2v) is 6.23. The van der Waals surface area contributed by atoms with Crippen molar-refractivity contribution in [1.29, 1.82) is 0 Å². The largest absolute Gasteiger partial charge is 0.443 e. The Morgan fingerprint density at radius 3 is 3.09 bits per heavy atom. The quantitative estimate of drug-likeness (QED) is 0.934. The van der Waals surface area contributed by atoms with Crippen LogP contribution in [0.5, 0.6) is 0 Å². The Balaban J connectivity index is 1.84. The third kappa shape index (κ3) is 3.41. The molecule has 1 aliphatic heterocycles. The van der Waals surface area contributed by atoms with E-state index >= 15 is 0 Å². The third-order valence-corrected chi connectivity index (χ3v) is 4.52. The molecule has 0 bridgehead atoms. The molecule has 1 aliphatic rings. The minimum absolute atomic E-state index is 0.0885. The molecule has 1 atom stereocenters. The number of halogens is 1. The zero-order valence-corrected chi connectivity index (χ0v) is 13.8. The van der Waals surface area contributed by atoms with Gasteiger partial charge in [-0.3, -0.25) is 4.79 Å². The van der Waals surface area contributed by atoms with Gasteiger partial charge in [-0.25, -0.2) is 4.98 Å². The van der Waals surface area contributed by atoms with E-state index < -0.39 is 0 Å². The Labute approximate surface area is 140 Å². The van der Waals surface area contributed by atoms with Crippen molar-refractivity contribution in [2.45, 2.75) is 12.8 Å². The van der Waals surface area contributed by atoms with E-state index in [0.29, 0.717) is 28.0 Å². The number of hydrogen-bond acceptors (Lipinski definition) is 4. The highest BCUT2D eigenvalue weighted by atomic mass is 35.5. The summed E-state index contributed by atoms with van der Waals surface area (Å²) in [5.41, 5.74) is 1.03. The summed E-state index contributed by atoms with van der Waals surface area (Å²) in [5, 5.41) is 3.73. The predicted molar refractivity (Wildman–Crippen MR) is 89.5 cm³/mol. The lowest BCUT2D eigenvalue weighted by atomic mass is 9.97. The number of rotatable bonds is 4. The van der Waals surface area contributed by atoms with E-state index in [4.69, 9.17) is 16.0 Å². The molecule has 1 saturated heterocycles.